The zero-order valence-corrected chi connectivity index (χ0v) is 11.5. The van der Waals surface area contributed by atoms with Gasteiger partial charge in [0, 0.05) is 17.1 Å². The van der Waals surface area contributed by atoms with Crippen molar-refractivity contribution in [2.75, 3.05) is 34.3 Å². The number of nitrogens with zero attached hydrogens (tertiary/aromatic N) is 1. The van der Waals surface area contributed by atoms with Gasteiger partial charge in [-0.25, -0.2) is 0 Å². The first-order chi connectivity index (χ1) is 8.17. The number of hydrogen-bond donors (Lipinski definition) is 1. The molecule has 1 rings (SSSR count). The van der Waals surface area contributed by atoms with Gasteiger partial charge < -0.3 is 15.0 Å². The average molecular weight is 257 g/mol. The molecule has 17 heavy (non-hydrogen) atoms. The first kappa shape index (κ1) is 14.3. The topological polar surface area (TPSA) is 24.5 Å². The summed E-state index contributed by atoms with van der Waals surface area (Å²) in [6.07, 6.45) is 1.13. The Hall–Kier alpha value is -0.770. The molecule has 1 N–H and O–H groups in total. The van der Waals surface area contributed by atoms with Gasteiger partial charge in [0.2, 0.25) is 0 Å². The molecule has 0 unspecified atom stereocenters. The van der Waals surface area contributed by atoms with Crippen molar-refractivity contribution in [3.8, 4) is 5.75 Å². The summed E-state index contributed by atoms with van der Waals surface area (Å²) in [5.41, 5.74) is 1.13. The lowest BCUT2D eigenvalue weighted by Gasteiger charge is -2.18. The van der Waals surface area contributed by atoms with Crippen molar-refractivity contribution in [2.45, 2.75) is 13.0 Å². The van der Waals surface area contributed by atoms with Gasteiger partial charge in [-0.1, -0.05) is 11.6 Å². The van der Waals surface area contributed by atoms with Gasteiger partial charge in [-0.3, -0.25) is 0 Å². The standard InChI is InChI=1S/C13H21ClN2O/c1-15-7-4-8-16(2)10-11-9-12(14)5-6-13(11)17-3/h5-6,9,15H,4,7-8,10H2,1-3H3. The minimum absolute atomic E-state index is 0.754. The molecule has 0 radical (unpaired) electrons. The van der Waals surface area contributed by atoms with E-state index in [1.54, 1.807) is 7.11 Å². The molecule has 0 aliphatic rings. The lowest BCUT2D eigenvalue weighted by molar-refractivity contribution is 0.312. The summed E-state index contributed by atoms with van der Waals surface area (Å²) in [6, 6.07) is 5.74. The Kier molecular flexibility index (Phi) is 6.34. The van der Waals surface area contributed by atoms with E-state index >= 15 is 0 Å². The lowest BCUT2D eigenvalue weighted by Crippen LogP contribution is -2.22. The summed E-state index contributed by atoms with van der Waals surface area (Å²) >= 11 is 6.00. The maximum Gasteiger partial charge on any atom is 0.123 e. The molecule has 0 saturated heterocycles. The van der Waals surface area contributed by atoms with Crippen LogP contribution >= 0.6 is 11.6 Å². The molecule has 0 atom stereocenters. The van der Waals surface area contributed by atoms with Crippen molar-refractivity contribution in [1.82, 2.24) is 10.2 Å². The van der Waals surface area contributed by atoms with Crippen LogP contribution in [0.5, 0.6) is 5.75 Å². The minimum atomic E-state index is 0.754. The minimum Gasteiger partial charge on any atom is -0.496 e. The number of halogens is 1. The molecule has 3 nitrogen and oxygen atoms in total. The molecule has 1 aromatic rings. The molecule has 0 saturated carbocycles. The van der Waals surface area contributed by atoms with Crippen LogP contribution in [0, 0.1) is 0 Å². The van der Waals surface area contributed by atoms with Crippen LogP contribution in [0.2, 0.25) is 5.02 Å². The molecular formula is C13H21ClN2O. The number of ether oxygens (including phenoxy) is 1. The van der Waals surface area contributed by atoms with Gasteiger partial charge in [0.15, 0.2) is 0 Å². The Morgan fingerprint density at radius 1 is 1.41 bits per heavy atom. The zero-order chi connectivity index (χ0) is 12.7. The summed E-state index contributed by atoms with van der Waals surface area (Å²) in [4.78, 5) is 2.27. The molecule has 0 amide bonds. The van der Waals surface area contributed by atoms with Gasteiger partial charge in [-0.15, -0.1) is 0 Å². The van der Waals surface area contributed by atoms with Crippen molar-refractivity contribution >= 4 is 11.6 Å². The number of rotatable bonds is 7. The van der Waals surface area contributed by atoms with Crippen molar-refractivity contribution in [3.63, 3.8) is 0 Å². The van der Waals surface area contributed by atoms with Gasteiger partial charge in [0.05, 0.1) is 7.11 Å². The quantitative estimate of drug-likeness (QED) is 0.759. The third kappa shape index (κ3) is 4.94. The van der Waals surface area contributed by atoms with Gasteiger partial charge in [-0.2, -0.15) is 0 Å². The summed E-state index contributed by atoms with van der Waals surface area (Å²) < 4.78 is 5.33. The van der Waals surface area contributed by atoms with E-state index in [0.717, 1.165) is 42.4 Å². The molecule has 96 valence electrons. The largest absolute Gasteiger partial charge is 0.496 e. The Labute approximate surface area is 109 Å². The predicted octanol–water partition coefficient (Wildman–Crippen LogP) is 2.39. The van der Waals surface area contributed by atoms with Crippen molar-refractivity contribution in [3.05, 3.63) is 28.8 Å². The fourth-order valence-electron chi connectivity index (χ4n) is 1.77. The van der Waals surface area contributed by atoms with E-state index < -0.39 is 0 Å². The normalized spacial score (nSPS) is 10.9. The van der Waals surface area contributed by atoms with Crippen LogP contribution in [0.15, 0.2) is 18.2 Å². The maximum atomic E-state index is 6.00. The Morgan fingerprint density at radius 3 is 2.82 bits per heavy atom. The average Bonchev–Trinajstić information content (AvgIpc) is 2.29. The van der Waals surface area contributed by atoms with E-state index in [-0.39, 0.29) is 0 Å². The molecular weight excluding hydrogens is 236 g/mol. The van der Waals surface area contributed by atoms with E-state index in [1.165, 1.54) is 0 Å². The molecule has 0 spiro atoms. The molecule has 0 fully saturated rings. The summed E-state index contributed by atoms with van der Waals surface area (Å²) in [5.74, 6) is 0.898. The monoisotopic (exact) mass is 256 g/mol. The van der Waals surface area contributed by atoms with Crippen LogP contribution in [-0.4, -0.2) is 39.2 Å². The molecule has 0 aromatic heterocycles. The highest BCUT2D eigenvalue weighted by molar-refractivity contribution is 6.30. The summed E-state index contributed by atoms with van der Waals surface area (Å²) in [5, 5.41) is 3.90. The molecule has 0 aliphatic heterocycles. The first-order valence-corrected chi connectivity index (χ1v) is 6.20. The fraction of sp³-hybridized carbons (Fsp3) is 0.538. The van der Waals surface area contributed by atoms with Gasteiger partial charge in [0.25, 0.3) is 0 Å². The number of methoxy groups -OCH3 is 1. The van der Waals surface area contributed by atoms with Crippen LogP contribution in [0.25, 0.3) is 0 Å². The van der Waals surface area contributed by atoms with Crippen molar-refractivity contribution in [2.24, 2.45) is 0 Å². The van der Waals surface area contributed by atoms with E-state index in [0.29, 0.717) is 0 Å². The van der Waals surface area contributed by atoms with Crippen molar-refractivity contribution < 1.29 is 4.74 Å². The van der Waals surface area contributed by atoms with Crippen LogP contribution in [0.3, 0.4) is 0 Å². The third-order valence-electron chi connectivity index (χ3n) is 2.65. The molecule has 0 heterocycles. The Balaban J connectivity index is 2.57. The first-order valence-electron chi connectivity index (χ1n) is 5.83. The second kappa shape index (κ2) is 7.54. The zero-order valence-electron chi connectivity index (χ0n) is 10.8. The van der Waals surface area contributed by atoms with Gasteiger partial charge in [0.1, 0.15) is 5.75 Å². The van der Waals surface area contributed by atoms with Gasteiger partial charge >= 0.3 is 0 Å². The summed E-state index contributed by atoms with van der Waals surface area (Å²) in [6.45, 7) is 2.95. The van der Waals surface area contributed by atoms with Crippen LogP contribution in [-0.2, 0) is 6.54 Å². The van der Waals surface area contributed by atoms with E-state index in [1.807, 2.05) is 25.2 Å². The van der Waals surface area contributed by atoms with E-state index in [4.69, 9.17) is 16.3 Å². The number of hydrogen-bond acceptors (Lipinski definition) is 3. The molecule has 4 heteroatoms. The molecule has 0 aliphatic carbocycles. The lowest BCUT2D eigenvalue weighted by atomic mass is 10.2. The second-order valence-corrected chi connectivity index (χ2v) is 4.59. The smallest absolute Gasteiger partial charge is 0.123 e. The third-order valence-corrected chi connectivity index (χ3v) is 2.88. The number of benzene rings is 1. The Bertz CT molecular complexity index is 344. The summed E-state index contributed by atoms with van der Waals surface area (Å²) in [7, 11) is 5.77. The van der Waals surface area contributed by atoms with Crippen LogP contribution < -0.4 is 10.1 Å². The highest BCUT2D eigenvalue weighted by atomic mass is 35.5. The van der Waals surface area contributed by atoms with Crippen LogP contribution in [0.1, 0.15) is 12.0 Å². The number of nitrogens with one attached hydrogen (secondary N) is 1. The highest BCUT2D eigenvalue weighted by Crippen LogP contribution is 2.23. The molecule has 0 bridgehead atoms. The van der Waals surface area contributed by atoms with Crippen LogP contribution in [0.4, 0.5) is 0 Å². The predicted molar refractivity (Wildman–Crippen MR) is 72.9 cm³/mol. The maximum absolute atomic E-state index is 6.00. The second-order valence-electron chi connectivity index (χ2n) is 4.15. The Morgan fingerprint density at radius 2 is 2.18 bits per heavy atom. The molecule has 1 aromatic carbocycles. The highest BCUT2D eigenvalue weighted by Gasteiger charge is 2.06. The SMILES string of the molecule is CNCCCN(C)Cc1cc(Cl)ccc1OC. The van der Waals surface area contributed by atoms with E-state index in [9.17, 15) is 0 Å². The van der Waals surface area contributed by atoms with E-state index in [2.05, 4.69) is 17.3 Å². The van der Waals surface area contributed by atoms with Gasteiger partial charge in [-0.05, 0) is 51.8 Å². The fourth-order valence-corrected chi connectivity index (χ4v) is 1.96. The van der Waals surface area contributed by atoms with Crippen molar-refractivity contribution in [1.29, 1.82) is 0 Å².